The lowest BCUT2D eigenvalue weighted by Crippen LogP contribution is -2.35. The number of fused-ring (bicyclic) bond motifs is 5. The van der Waals surface area contributed by atoms with Crippen LogP contribution in [0.1, 0.15) is 37.8 Å². The number of rotatable bonds is 5. The first kappa shape index (κ1) is 20.3. The number of hydrogen-bond acceptors (Lipinski definition) is 5. The maximum absolute atomic E-state index is 12.8. The molecule has 1 aliphatic heterocycles. The Labute approximate surface area is 188 Å². The summed E-state index contributed by atoms with van der Waals surface area (Å²) in [7, 11) is 0. The summed E-state index contributed by atoms with van der Waals surface area (Å²) in [6.45, 7) is 4.18. The monoisotopic (exact) mass is 422 g/mol. The molecule has 5 heteroatoms. The van der Waals surface area contributed by atoms with E-state index < -0.39 is 0 Å². The molecule has 2 atom stereocenters. The third-order valence-corrected chi connectivity index (χ3v) is 6.33. The highest BCUT2D eigenvalue weighted by Gasteiger charge is 2.38. The van der Waals surface area contributed by atoms with Crippen molar-refractivity contribution in [1.82, 2.24) is 0 Å². The van der Waals surface area contributed by atoms with Gasteiger partial charge in [0.25, 0.3) is 0 Å². The molecule has 160 valence electrons. The summed E-state index contributed by atoms with van der Waals surface area (Å²) < 4.78 is 0. The molecule has 0 amide bonds. The quantitative estimate of drug-likeness (QED) is 0.642. The van der Waals surface area contributed by atoms with Crippen LogP contribution in [0.5, 0.6) is 0 Å². The molecule has 5 nitrogen and oxygen atoms in total. The number of hydrogen-bond donors (Lipinski definition) is 2. The molecule has 2 aromatic carbocycles. The number of allylic oxidation sites excluding steroid dienone is 6. The van der Waals surface area contributed by atoms with Crippen LogP contribution in [0.15, 0.2) is 88.5 Å². The number of carbonyl (C=O) groups excluding carboxylic acids is 1. The number of nitrogens with two attached hydrogens (primary N) is 1. The van der Waals surface area contributed by atoms with Gasteiger partial charge in [0.05, 0.1) is 23.0 Å². The van der Waals surface area contributed by atoms with Crippen LogP contribution in [-0.2, 0) is 10.3 Å². The Morgan fingerprint density at radius 3 is 2.66 bits per heavy atom. The van der Waals surface area contributed by atoms with Gasteiger partial charge in [0.15, 0.2) is 0 Å². The number of anilines is 1. The molecule has 3 aliphatic rings. The van der Waals surface area contributed by atoms with Crippen molar-refractivity contribution in [2.75, 3.05) is 5.43 Å². The van der Waals surface area contributed by atoms with E-state index in [2.05, 4.69) is 42.6 Å². The third kappa shape index (κ3) is 3.45. The van der Waals surface area contributed by atoms with Crippen molar-refractivity contribution >= 4 is 34.2 Å². The Morgan fingerprint density at radius 1 is 1.09 bits per heavy atom. The fraction of sp³-hybridized carbons (Fsp3) is 0.222. The van der Waals surface area contributed by atoms with Gasteiger partial charge >= 0.3 is 0 Å². The van der Waals surface area contributed by atoms with E-state index in [4.69, 9.17) is 10.7 Å². The molecule has 0 aromatic heterocycles. The highest BCUT2D eigenvalue weighted by molar-refractivity contribution is 6.53. The van der Waals surface area contributed by atoms with E-state index in [1.54, 1.807) is 6.08 Å². The largest absolute Gasteiger partial charge is 0.322 e. The number of para-hydroxylation sites is 1. The predicted molar refractivity (Wildman–Crippen MR) is 131 cm³/mol. The maximum atomic E-state index is 12.8. The Bertz CT molecular complexity index is 1240. The van der Waals surface area contributed by atoms with Crippen LogP contribution in [0.25, 0.3) is 5.57 Å². The van der Waals surface area contributed by atoms with Gasteiger partial charge in [-0.05, 0) is 48.8 Å². The van der Waals surface area contributed by atoms with Crippen LogP contribution >= 0.6 is 0 Å². The van der Waals surface area contributed by atoms with Crippen molar-refractivity contribution in [1.29, 1.82) is 0 Å². The zero-order valence-corrected chi connectivity index (χ0v) is 18.3. The normalized spacial score (nSPS) is 21.7. The highest BCUT2D eigenvalue weighted by atomic mass is 16.1. The van der Waals surface area contributed by atoms with Crippen LogP contribution in [0.4, 0.5) is 11.4 Å². The summed E-state index contributed by atoms with van der Waals surface area (Å²) >= 11 is 0. The summed E-state index contributed by atoms with van der Waals surface area (Å²) in [5, 5.41) is 4.56. The van der Waals surface area contributed by atoms with Gasteiger partial charge in [-0.25, -0.2) is 0 Å². The van der Waals surface area contributed by atoms with Gasteiger partial charge in [0.2, 0.25) is 5.78 Å². The topological polar surface area (TPSA) is 79.8 Å². The molecule has 2 aromatic rings. The molecule has 0 bridgehead atoms. The molecule has 0 saturated heterocycles. The molecule has 0 spiro atoms. The van der Waals surface area contributed by atoms with E-state index in [1.807, 2.05) is 48.5 Å². The summed E-state index contributed by atoms with van der Waals surface area (Å²) in [4.78, 5) is 17.7. The van der Waals surface area contributed by atoms with Crippen molar-refractivity contribution in [2.45, 2.75) is 32.2 Å². The van der Waals surface area contributed by atoms with Crippen LogP contribution in [-0.4, -0.2) is 17.2 Å². The SMILES string of the molecule is CCCC(C)(N)c1ccc(NN=C2C(=O)C=CC3=CC=C4C(=Nc5ccccc54)C32)cc1. The summed E-state index contributed by atoms with van der Waals surface area (Å²) in [5.41, 5.74) is 16.5. The van der Waals surface area contributed by atoms with Crippen LogP contribution in [0, 0.1) is 5.92 Å². The first-order valence-electron chi connectivity index (χ1n) is 11.0. The van der Waals surface area contributed by atoms with Gasteiger partial charge < -0.3 is 5.73 Å². The zero-order chi connectivity index (χ0) is 22.3. The lowest BCUT2D eigenvalue weighted by molar-refractivity contribution is -0.109. The molecule has 1 heterocycles. The van der Waals surface area contributed by atoms with E-state index in [0.717, 1.165) is 52.2 Å². The second-order valence-corrected chi connectivity index (χ2v) is 8.75. The molecule has 2 aliphatic carbocycles. The standard InChI is InChI=1S/C27H26N4O/c1-3-16-27(2,28)18-10-12-19(13-11-18)30-31-26-23(32)15-9-17-8-14-21-20-6-4-5-7-22(20)29-25(21)24(17)26/h4-15,24,30H,3,16,28H2,1-2H3. The third-order valence-electron chi connectivity index (χ3n) is 6.33. The van der Waals surface area contributed by atoms with Gasteiger partial charge in [-0.3, -0.25) is 15.2 Å². The molecule has 0 fully saturated rings. The second-order valence-electron chi connectivity index (χ2n) is 8.75. The molecular formula is C27H26N4O. The van der Waals surface area contributed by atoms with Crippen molar-refractivity contribution in [3.8, 4) is 0 Å². The number of hydrazone groups is 1. The number of ketones is 1. The molecule has 3 N–H and O–H groups in total. The number of benzene rings is 2. The highest BCUT2D eigenvalue weighted by Crippen LogP contribution is 2.42. The van der Waals surface area contributed by atoms with Crippen molar-refractivity contribution in [3.05, 3.63) is 89.5 Å². The smallest absolute Gasteiger partial charge is 0.202 e. The molecule has 2 unspecified atom stereocenters. The van der Waals surface area contributed by atoms with Crippen molar-refractivity contribution in [2.24, 2.45) is 21.7 Å². The number of nitrogens with zero attached hydrogens (tertiary/aromatic N) is 2. The minimum atomic E-state index is -0.358. The lowest BCUT2D eigenvalue weighted by atomic mass is 9.77. The van der Waals surface area contributed by atoms with Crippen molar-refractivity contribution < 1.29 is 4.79 Å². The average molecular weight is 423 g/mol. The Hall–Kier alpha value is -3.57. The first-order chi connectivity index (χ1) is 15.5. The van der Waals surface area contributed by atoms with Gasteiger partial charge in [0, 0.05) is 16.7 Å². The van der Waals surface area contributed by atoms with Gasteiger partial charge in [-0.15, -0.1) is 0 Å². The summed E-state index contributed by atoms with van der Waals surface area (Å²) in [6.07, 6.45) is 9.54. The minimum absolute atomic E-state index is 0.103. The van der Waals surface area contributed by atoms with E-state index in [0.29, 0.717) is 5.71 Å². The summed E-state index contributed by atoms with van der Waals surface area (Å²) in [6, 6.07) is 16.0. The molecule has 0 saturated carbocycles. The fourth-order valence-corrected chi connectivity index (χ4v) is 4.63. The van der Waals surface area contributed by atoms with Gasteiger partial charge in [-0.2, -0.15) is 5.10 Å². The van der Waals surface area contributed by atoms with E-state index in [-0.39, 0.29) is 17.2 Å². The van der Waals surface area contributed by atoms with Crippen molar-refractivity contribution in [3.63, 3.8) is 0 Å². The van der Waals surface area contributed by atoms with Gasteiger partial charge in [0.1, 0.15) is 5.71 Å². The molecule has 32 heavy (non-hydrogen) atoms. The van der Waals surface area contributed by atoms with E-state index in [9.17, 15) is 4.79 Å². The molecular weight excluding hydrogens is 396 g/mol. The minimum Gasteiger partial charge on any atom is -0.322 e. The molecule has 0 radical (unpaired) electrons. The van der Waals surface area contributed by atoms with Crippen LogP contribution < -0.4 is 11.2 Å². The zero-order valence-electron chi connectivity index (χ0n) is 18.3. The Kier molecular flexibility index (Phi) is 4.98. The fourth-order valence-electron chi connectivity index (χ4n) is 4.63. The number of carbonyl (C=O) groups is 1. The average Bonchev–Trinajstić information content (AvgIpc) is 3.17. The number of aliphatic imine (C=N–C) groups is 1. The maximum Gasteiger partial charge on any atom is 0.202 e. The van der Waals surface area contributed by atoms with E-state index >= 15 is 0 Å². The van der Waals surface area contributed by atoms with Crippen LogP contribution in [0.3, 0.4) is 0 Å². The second kappa shape index (κ2) is 7.84. The Morgan fingerprint density at radius 2 is 1.88 bits per heavy atom. The Balaban J connectivity index is 1.44. The number of nitrogens with one attached hydrogen (secondary N) is 1. The van der Waals surface area contributed by atoms with E-state index in [1.165, 1.54) is 0 Å². The van der Waals surface area contributed by atoms with Gasteiger partial charge in [-0.1, -0.05) is 61.9 Å². The molecule has 5 rings (SSSR count). The summed E-state index contributed by atoms with van der Waals surface area (Å²) in [5.74, 6) is -0.378. The lowest BCUT2D eigenvalue weighted by Gasteiger charge is -2.26. The first-order valence-corrected chi connectivity index (χ1v) is 11.0. The predicted octanol–water partition coefficient (Wildman–Crippen LogP) is 5.29. The van der Waals surface area contributed by atoms with Crippen LogP contribution in [0.2, 0.25) is 0 Å².